The van der Waals surface area contributed by atoms with Crippen molar-refractivity contribution in [1.29, 1.82) is 0 Å². The monoisotopic (exact) mass is 298 g/mol. The van der Waals surface area contributed by atoms with E-state index in [0.29, 0.717) is 15.7 Å². The van der Waals surface area contributed by atoms with Crippen LogP contribution in [0.1, 0.15) is 15.9 Å². The van der Waals surface area contributed by atoms with E-state index in [-0.39, 0.29) is 5.56 Å². The molecule has 0 saturated carbocycles. The van der Waals surface area contributed by atoms with Gasteiger partial charge in [-0.05, 0) is 30.7 Å². The number of nitrogens with one attached hydrogen (secondary N) is 1. The number of benzene rings is 1. The molecule has 1 aromatic heterocycles. The molecule has 2 rings (SSSR count). The summed E-state index contributed by atoms with van der Waals surface area (Å²) in [5.74, 6) is -1.31. The number of carbonyl (C=O) groups excluding carboxylic acids is 1. The van der Waals surface area contributed by atoms with Gasteiger partial charge in [-0.25, -0.2) is 4.39 Å². The highest BCUT2D eigenvalue weighted by Crippen LogP contribution is 2.29. The van der Waals surface area contributed by atoms with Crippen LogP contribution >= 0.6 is 23.2 Å². The Bertz CT molecular complexity index is 647. The highest BCUT2D eigenvalue weighted by molar-refractivity contribution is 6.36. The summed E-state index contributed by atoms with van der Waals surface area (Å²) in [7, 11) is 0. The highest BCUT2D eigenvalue weighted by atomic mass is 35.5. The molecule has 0 aliphatic heterocycles. The van der Waals surface area contributed by atoms with Crippen molar-refractivity contribution in [3.8, 4) is 0 Å². The van der Waals surface area contributed by atoms with Gasteiger partial charge < -0.3 is 5.32 Å². The van der Waals surface area contributed by atoms with Crippen LogP contribution in [-0.2, 0) is 0 Å². The molecule has 98 valence electrons. The fraction of sp³-hybridized carbons (Fsp3) is 0.0769. The van der Waals surface area contributed by atoms with Crippen molar-refractivity contribution in [2.45, 2.75) is 6.92 Å². The zero-order valence-electron chi connectivity index (χ0n) is 9.88. The molecule has 19 heavy (non-hydrogen) atoms. The number of anilines is 1. The van der Waals surface area contributed by atoms with Crippen LogP contribution in [0.15, 0.2) is 30.6 Å². The number of rotatable bonds is 2. The average Bonchev–Trinajstić information content (AvgIpc) is 2.36. The molecule has 0 spiro atoms. The van der Waals surface area contributed by atoms with Gasteiger partial charge in [-0.15, -0.1) is 0 Å². The highest BCUT2D eigenvalue weighted by Gasteiger charge is 2.13. The molecule has 0 aliphatic rings. The second-order valence-electron chi connectivity index (χ2n) is 3.89. The Hall–Kier alpha value is -1.65. The Kier molecular flexibility index (Phi) is 4.02. The normalized spacial score (nSPS) is 10.3. The lowest BCUT2D eigenvalue weighted by Gasteiger charge is -2.09. The second-order valence-corrected chi connectivity index (χ2v) is 4.71. The zero-order chi connectivity index (χ0) is 14.0. The SMILES string of the molecule is Cc1cc(Cl)c(NC(=O)c2ccncc2F)cc1Cl. The number of aromatic nitrogens is 1. The van der Waals surface area contributed by atoms with E-state index in [4.69, 9.17) is 23.2 Å². The lowest BCUT2D eigenvalue weighted by molar-refractivity contribution is 0.102. The molecule has 6 heteroatoms. The molecule has 0 bridgehead atoms. The third-order valence-corrected chi connectivity index (χ3v) is 3.23. The summed E-state index contributed by atoms with van der Waals surface area (Å²) in [5.41, 5.74) is 1.01. The minimum Gasteiger partial charge on any atom is -0.320 e. The number of pyridine rings is 1. The minimum atomic E-state index is -0.700. The van der Waals surface area contributed by atoms with Gasteiger partial charge in [0.05, 0.1) is 22.5 Å². The second kappa shape index (κ2) is 5.55. The van der Waals surface area contributed by atoms with Gasteiger partial charge in [-0.1, -0.05) is 23.2 Å². The van der Waals surface area contributed by atoms with Gasteiger partial charge in [0, 0.05) is 11.2 Å². The molecule has 0 atom stereocenters. The van der Waals surface area contributed by atoms with Gasteiger partial charge in [-0.2, -0.15) is 0 Å². The largest absolute Gasteiger partial charge is 0.320 e. The van der Waals surface area contributed by atoms with E-state index >= 15 is 0 Å². The van der Waals surface area contributed by atoms with E-state index in [1.165, 1.54) is 18.3 Å². The lowest BCUT2D eigenvalue weighted by Crippen LogP contribution is -2.14. The number of hydrogen-bond donors (Lipinski definition) is 1. The fourth-order valence-electron chi connectivity index (χ4n) is 1.49. The van der Waals surface area contributed by atoms with Gasteiger partial charge in [0.1, 0.15) is 0 Å². The van der Waals surface area contributed by atoms with Crippen molar-refractivity contribution in [1.82, 2.24) is 4.98 Å². The molecule has 1 aromatic carbocycles. The topological polar surface area (TPSA) is 42.0 Å². The van der Waals surface area contributed by atoms with E-state index in [1.807, 2.05) is 0 Å². The van der Waals surface area contributed by atoms with Crippen molar-refractivity contribution >= 4 is 34.8 Å². The van der Waals surface area contributed by atoms with Crippen LogP contribution < -0.4 is 5.32 Å². The molecule has 1 heterocycles. The minimum absolute atomic E-state index is 0.109. The maximum Gasteiger partial charge on any atom is 0.258 e. The maximum atomic E-state index is 13.4. The van der Waals surface area contributed by atoms with Crippen LogP contribution in [0.5, 0.6) is 0 Å². The van der Waals surface area contributed by atoms with E-state index < -0.39 is 11.7 Å². The Morgan fingerprint density at radius 3 is 2.74 bits per heavy atom. The summed E-state index contributed by atoms with van der Waals surface area (Å²) in [4.78, 5) is 15.5. The van der Waals surface area contributed by atoms with Crippen LogP contribution in [0.25, 0.3) is 0 Å². The smallest absolute Gasteiger partial charge is 0.258 e. The van der Waals surface area contributed by atoms with Crippen molar-refractivity contribution in [2.75, 3.05) is 5.32 Å². The lowest BCUT2D eigenvalue weighted by atomic mass is 10.2. The average molecular weight is 299 g/mol. The van der Waals surface area contributed by atoms with Gasteiger partial charge in [0.2, 0.25) is 0 Å². The quantitative estimate of drug-likeness (QED) is 0.907. The summed E-state index contributed by atoms with van der Waals surface area (Å²) < 4.78 is 13.4. The molecular weight excluding hydrogens is 290 g/mol. The number of hydrogen-bond acceptors (Lipinski definition) is 2. The predicted molar refractivity (Wildman–Crippen MR) is 73.3 cm³/mol. The Morgan fingerprint density at radius 2 is 2.05 bits per heavy atom. The third kappa shape index (κ3) is 3.03. The van der Waals surface area contributed by atoms with Gasteiger partial charge in [0.25, 0.3) is 5.91 Å². The summed E-state index contributed by atoms with van der Waals surface area (Å²) in [6.45, 7) is 1.79. The van der Waals surface area contributed by atoms with Gasteiger partial charge >= 0.3 is 0 Å². The number of aryl methyl sites for hydroxylation is 1. The molecule has 0 radical (unpaired) electrons. The summed E-state index contributed by atoms with van der Waals surface area (Å²) in [5, 5.41) is 3.32. The molecule has 0 fully saturated rings. The van der Waals surface area contributed by atoms with Crippen molar-refractivity contribution in [3.05, 3.63) is 57.6 Å². The summed E-state index contributed by atoms with van der Waals surface area (Å²) in [6.07, 6.45) is 2.31. The van der Waals surface area contributed by atoms with Gasteiger partial charge in [0.15, 0.2) is 5.82 Å². The molecular formula is C13H9Cl2FN2O. The number of halogens is 3. The van der Waals surface area contributed by atoms with Crippen molar-refractivity contribution < 1.29 is 9.18 Å². The summed E-state index contributed by atoms with van der Waals surface area (Å²) in [6, 6.07) is 4.44. The Balaban J connectivity index is 2.30. The van der Waals surface area contributed by atoms with E-state index in [9.17, 15) is 9.18 Å². The number of amides is 1. The van der Waals surface area contributed by atoms with Crippen LogP contribution in [0.4, 0.5) is 10.1 Å². The molecule has 2 aromatic rings. The number of carbonyl (C=O) groups is 1. The molecule has 3 nitrogen and oxygen atoms in total. The Morgan fingerprint density at radius 1 is 1.32 bits per heavy atom. The first-order valence-electron chi connectivity index (χ1n) is 5.35. The first-order valence-corrected chi connectivity index (χ1v) is 6.11. The standard InChI is InChI=1S/C13H9Cl2FN2O/c1-7-4-10(15)12(5-9(7)14)18-13(19)8-2-3-17-6-11(8)16/h2-6H,1H3,(H,18,19). The van der Waals surface area contributed by atoms with Crippen LogP contribution in [0.2, 0.25) is 10.0 Å². The van der Waals surface area contributed by atoms with Crippen LogP contribution in [0.3, 0.4) is 0 Å². The molecule has 1 amide bonds. The fourth-order valence-corrected chi connectivity index (χ4v) is 1.92. The molecule has 1 N–H and O–H groups in total. The molecule has 0 aliphatic carbocycles. The Labute approximate surface area is 119 Å². The first kappa shape index (κ1) is 13.8. The summed E-state index contributed by atoms with van der Waals surface area (Å²) >= 11 is 11.9. The van der Waals surface area contributed by atoms with E-state index in [1.54, 1.807) is 13.0 Å². The van der Waals surface area contributed by atoms with Crippen molar-refractivity contribution in [3.63, 3.8) is 0 Å². The maximum absolute atomic E-state index is 13.4. The molecule has 0 saturated heterocycles. The van der Waals surface area contributed by atoms with Crippen LogP contribution in [-0.4, -0.2) is 10.9 Å². The third-order valence-electron chi connectivity index (χ3n) is 2.51. The van der Waals surface area contributed by atoms with E-state index in [0.717, 1.165) is 11.8 Å². The zero-order valence-corrected chi connectivity index (χ0v) is 11.4. The van der Waals surface area contributed by atoms with Crippen LogP contribution in [0, 0.1) is 12.7 Å². The number of nitrogens with zero attached hydrogens (tertiary/aromatic N) is 1. The van der Waals surface area contributed by atoms with Crippen molar-refractivity contribution in [2.24, 2.45) is 0 Å². The van der Waals surface area contributed by atoms with Gasteiger partial charge in [-0.3, -0.25) is 9.78 Å². The first-order chi connectivity index (χ1) is 8.99. The van der Waals surface area contributed by atoms with E-state index in [2.05, 4.69) is 10.3 Å². The molecule has 0 unspecified atom stereocenters. The predicted octanol–water partition coefficient (Wildman–Crippen LogP) is 4.09.